The van der Waals surface area contributed by atoms with Crippen molar-refractivity contribution in [2.24, 2.45) is 0 Å². The number of thioether (sulfide) groups is 1. The predicted molar refractivity (Wildman–Crippen MR) is 119 cm³/mol. The van der Waals surface area contributed by atoms with Crippen molar-refractivity contribution in [3.63, 3.8) is 0 Å². The fourth-order valence-corrected chi connectivity index (χ4v) is 4.71. The lowest BCUT2D eigenvalue weighted by atomic mass is 10.1. The van der Waals surface area contributed by atoms with Gasteiger partial charge >= 0.3 is 0 Å². The van der Waals surface area contributed by atoms with Crippen molar-refractivity contribution in [3.8, 4) is 11.5 Å². The van der Waals surface area contributed by atoms with E-state index in [1.807, 2.05) is 18.2 Å². The van der Waals surface area contributed by atoms with Crippen LogP contribution < -0.4 is 20.1 Å². The molecule has 30 heavy (non-hydrogen) atoms. The van der Waals surface area contributed by atoms with Gasteiger partial charge in [0, 0.05) is 23.4 Å². The molecule has 2 aliphatic heterocycles. The Morgan fingerprint density at radius 1 is 1.03 bits per heavy atom. The molecule has 0 fully saturated rings. The standard InChI is InChI=1S/C23H22N4O2S/c24-22-18-9-11-21(30-17-8-10-19-20(13-17)29-15-28-19)27(23(18)26-14-25-22)12-4-7-16-5-2-1-3-6-16/h1-3,5-6,8,10-11,13-14H,4,7,9,12,15H2,(H2,24,25,26). The van der Waals surface area contributed by atoms with Gasteiger partial charge in [0.15, 0.2) is 11.5 Å². The number of rotatable bonds is 6. The first-order chi connectivity index (χ1) is 14.8. The number of fused-ring (bicyclic) bond motifs is 2. The molecule has 2 aromatic carbocycles. The first-order valence-corrected chi connectivity index (χ1v) is 10.8. The van der Waals surface area contributed by atoms with E-state index in [1.54, 1.807) is 18.1 Å². The zero-order chi connectivity index (χ0) is 20.3. The molecule has 5 rings (SSSR count). The zero-order valence-corrected chi connectivity index (χ0v) is 17.3. The molecule has 0 unspecified atom stereocenters. The number of hydrogen-bond donors (Lipinski definition) is 1. The molecule has 3 heterocycles. The minimum Gasteiger partial charge on any atom is -0.454 e. The third kappa shape index (κ3) is 3.80. The average molecular weight is 419 g/mol. The van der Waals surface area contributed by atoms with Crippen LogP contribution in [-0.2, 0) is 12.8 Å². The Hall–Kier alpha value is -3.19. The number of benzene rings is 2. The summed E-state index contributed by atoms with van der Waals surface area (Å²) in [4.78, 5) is 12.1. The molecule has 3 aromatic rings. The molecule has 1 aromatic heterocycles. The second kappa shape index (κ2) is 8.28. The van der Waals surface area contributed by atoms with E-state index >= 15 is 0 Å². The first-order valence-electron chi connectivity index (χ1n) is 9.96. The molecular formula is C23H22N4O2S. The normalized spacial score (nSPS) is 14.4. The molecule has 0 amide bonds. The van der Waals surface area contributed by atoms with Crippen LogP contribution in [0.25, 0.3) is 0 Å². The largest absolute Gasteiger partial charge is 0.454 e. The topological polar surface area (TPSA) is 73.5 Å². The Morgan fingerprint density at radius 3 is 2.80 bits per heavy atom. The van der Waals surface area contributed by atoms with Gasteiger partial charge in [-0.25, -0.2) is 9.97 Å². The van der Waals surface area contributed by atoms with E-state index in [4.69, 9.17) is 15.2 Å². The number of nitrogens with two attached hydrogens (primary N) is 1. The van der Waals surface area contributed by atoms with Crippen LogP contribution in [0.2, 0.25) is 0 Å². The predicted octanol–water partition coefficient (Wildman–Crippen LogP) is 4.42. The lowest BCUT2D eigenvalue weighted by Crippen LogP contribution is -2.28. The van der Waals surface area contributed by atoms with Crippen LogP contribution in [0.15, 0.2) is 70.9 Å². The molecule has 2 N–H and O–H groups in total. The highest BCUT2D eigenvalue weighted by atomic mass is 32.2. The second-order valence-corrected chi connectivity index (χ2v) is 8.26. The summed E-state index contributed by atoms with van der Waals surface area (Å²) in [6, 6.07) is 16.6. The number of anilines is 2. The Balaban J connectivity index is 1.38. The number of hydrogen-bond acceptors (Lipinski definition) is 7. The molecule has 152 valence electrons. The number of nitrogen functional groups attached to an aromatic ring is 1. The van der Waals surface area contributed by atoms with Gasteiger partial charge in [0.25, 0.3) is 0 Å². The van der Waals surface area contributed by atoms with E-state index in [-0.39, 0.29) is 6.79 Å². The summed E-state index contributed by atoms with van der Waals surface area (Å²) in [7, 11) is 0. The fraction of sp³-hybridized carbons (Fsp3) is 0.217. The minimum absolute atomic E-state index is 0.279. The average Bonchev–Trinajstić information content (AvgIpc) is 3.24. The summed E-state index contributed by atoms with van der Waals surface area (Å²) in [6.07, 6.45) is 6.50. The fourth-order valence-electron chi connectivity index (χ4n) is 3.71. The number of ether oxygens (including phenoxy) is 2. The van der Waals surface area contributed by atoms with Gasteiger partial charge in [0.05, 0.1) is 5.03 Å². The molecular weight excluding hydrogens is 396 g/mol. The molecule has 6 nitrogen and oxygen atoms in total. The first kappa shape index (κ1) is 18.8. The summed E-state index contributed by atoms with van der Waals surface area (Å²) >= 11 is 1.70. The Morgan fingerprint density at radius 2 is 1.90 bits per heavy atom. The van der Waals surface area contributed by atoms with E-state index in [0.29, 0.717) is 5.82 Å². The van der Waals surface area contributed by atoms with Gasteiger partial charge in [0.1, 0.15) is 18.0 Å². The van der Waals surface area contributed by atoms with Crippen LogP contribution >= 0.6 is 11.8 Å². The van der Waals surface area contributed by atoms with Gasteiger partial charge in [-0.05, 0) is 42.7 Å². The van der Waals surface area contributed by atoms with Crippen molar-refractivity contribution in [1.82, 2.24) is 9.97 Å². The van der Waals surface area contributed by atoms with Crippen LogP contribution in [0.4, 0.5) is 11.6 Å². The molecule has 0 saturated carbocycles. The maximum absolute atomic E-state index is 6.14. The van der Waals surface area contributed by atoms with E-state index in [2.05, 4.69) is 51.3 Å². The van der Waals surface area contributed by atoms with Crippen molar-refractivity contribution in [1.29, 1.82) is 0 Å². The van der Waals surface area contributed by atoms with Crippen LogP contribution in [0.3, 0.4) is 0 Å². The molecule has 0 aliphatic carbocycles. The summed E-state index contributed by atoms with van der Waals surface area (Å²) in [5.41, 5.74) is 8.47. The van der Waals surface area contributed by atoms with Gasteiger partial charge < -0.3 is 20.1 Å². The maximum atomic E-state index is 6.14. The highest BCUT2D eigenvalue weighted by Crippen LogP contribution is 2.41. The van der Waals surface area contributed by atoms with Crippen LogP contribution in [0.1, 0.15) is 17.5 Å². The van der Waals surface area contributed by atoms with E-state index in [0.717, 1.165) is 58.6 Å². The number of aryl methyl sites for hydroxylation is 1. The zero-order valence-electron chi connectivity index (χ0n) is 16.5. The van der Waals surface area contributed by atoms with Gasteiger partial charge in [-0.2, -0.15) is 0 Å². The smallest absolute Gasteiger partial charge is 0.231 e. The summed E-state index contributed by atoms with van der Waals surface area (Å²) < 4.78 is 11.0. The number of nitrogens with zero attached hydrogens (tertiary/aromatic N) is 3. The third-order valence-corrected chi connectivity index (χ3v) is 6.30. The summed E-state index contributed by atoms with van der Waals surface area (Å²) in [5.74, 6) is 3.04. The number of aromatic nitrogens is 2. The van der Waals surface area contributed by atoms with Crippen molar-refractivity contribution >= 4 is 23.4 Å². The van der Waals surface area contributed by atoms with Gasteiger partial charge in [-0.3, -0.25) is 0 Å². The molecule has 2 aliphatic rings. The lowest BCUT2D eigenvalue weighted by Gasteiger charge is -2.31. The summed E-state index contributed by atoms with van der Waals surface area (Å²) in [5, 5.41) is 1.15. The molecule has 0 radical (unpaired) electrons. The quantitative estimate of drug-likeness (QED) is 0.635. The molecule has 0 saturated heterocycles. The lowest BCUT2D eigenvalue weighted by molar-refractivity contribution is 0.174. The highest BCUT2D eigenvalue weighted by molar-refractivity contribution is 8.03. The van der Waals surface area contributed by atoms with Crippen LogP contribution in [-0.4, -0.2) is 23.3 Å². The third-order valence-electron chi connectivity index (χ3n) is 5.21. The SMILES string of the molecule is Nc1ncnc2c1CC=C(Sc1ccc3c(c1)OCO3)N2CCCc1ccccc1. The van der Waals surface area contributed by atoms with Crippen molar-refractivity contribution in [2.75, 3.05) is 24.0 Å². The monoisotopic (exact) mass is 418 g/mol. The van der Waals surface area contributed by atoms with Gasteiger partial charge in [0.2, 0.25) is 6.79 Å². The Kier molecular flexibility index (Phi) is 5.19. The summed E-state index contributed by atoms with van der Waals surface area (Å²) in [6.45, 7) is 1.13. The highest BCUT2D eigenvalue weighted by Gasteiger charge is 2.24. The number of allylic oxidation sites excluding steroid dienone is 1. The Bertz CT molecular complexity index is 1090. The maximum Gasteiger partial charge on any atom is 0.231 e. The van der Waals surface area contributed by atoms with Crippen molar-refractivity contribution in [2.45, 2.75) is 24.2 Å². The van der Waals surface area contributed by atoms with Crippen molar-refractivity contribution in [3.05, 3.63) is 77.1 Å². The molecule has 0 spiro atoms. The van der Waals surface area contributed by atoms with E-state index < -0.39 is 0 Å². The molecule has 7 heteroatoms. The Labute approximate surface area is 179 Å². The minimum atomic E-state index is 0.279. The van der Waals surface area contributed by atoms with Gasteiger partial charge in [-0.15, -0.1) is 0 Å². The van der Waals surface area contributed by atoms with E-state index in [9.17, 15) is 0 Å². The van der Waals surface area contributed by atoms with Crippen LogP contribution in [0.5, 0.6) is 11.5 Å². The molecule has 0 atom stereocenters. The van der Waals surface area contributed by atoms with Gasteiger partial charge in [-0.1, -0.05) is 42.1 Å². The molecule has 0 bridgehead atoms. The second-order valence-electron chi connectivity index (χ2n) is 7.17. The van der Waals surface area contributed by atoms with E-state index in [1.165, 1.54) is 5.56 Å². The van der Waals surface area contributed by atoms with Crippen molar-refractivity contribution < 1.29 is 9.47 Å². The van der Waals surface area contributed by atoms with Crippen LogP contribution in [0, 0.1) is 0 Å².